The lowest BCUT2D eigenvalue weighted by atomic mass is 10.1. The molecular weight excluding hydrogens is 470 g/mol. The van der Waals surface area contributed by atoms with Gasteiger partial charge in [-0.3, -0.25) is 9.10 Å². The van der Waals surface area contributed by atoms with Gasteiger partial charge in [0.2, 0.25) is 5.43 Å². The van der Waals surface area contributed by atoms with Gasteiger partial charge in [-0.25, -0.2) is 9.18 Å². The second kappa shape index (κ2) is 8.28. The van der Waals surface area contributed by atoms with Crippen LogP contribution in [0, 0.1) is 5.82 Å². The molecule has 1 N–H and O–H groups in total. The molecule has 0 radical (unpaired) electrons. The molecule has 0 atom stereocenters. The standard InChI is InChI=1S/C20H21F4N3O5S/c21-15-9-13-16(26(12-3-4-12)11-14(18(13)28)19(29)30)10-17(15)27(33(31,32)20(22,23)24)8-7-25-5-1-2-6-25/h9-12H,1-8H2,(H,29,30). The summed E-state index contributed by atoms with van der Waals surface area (Å²) in [6, 6.07) is 1.29. The molecule has 33 heavy (non-hydrogen) atoms. The molecule has 2 fully saturated rings. The minimum atomic E-state index is -5.94. The van der Waals surface area contributed by atoms with E-state index < -0.39 is 50.5 Å². The predicted octanol–water partition coefficient (Wildman–Crippen LogP) is 2.93. The van der Waals surface area contributed by atoms with E-state index in [4.69, 9.17) is 0 Å². The third-order valence-electron chi connectivity index (χ3n) is 5.94. The minimum absolute atomic E-state index is 0.00703. The van der Waals surface area contributed by atoms with E-state index in [1.807, 2.05) is 0 Å². The number of halogens is 4. The number of carbonyl (C=O) groups is 1. The first-order valence-corrected chi connectivity index (χ1v) is 11.8. The summed E-state index contributed by atoms with van der Waals surface area (Å²) in [7, 11) is -5.94. The number of aromatic nitrogens is 1. The first kappa shape index (κ1) is 23.5. The molecule has 1 aliphatic carbocycles. The molecule has 8 nitrogen and oxygen atoms in total. The van der Waals surface area contributed by atoms with Crippen LogP contribution >= 0.6 is 0 Å². The SMILES string of the molecule is O=C(O)c1cn(C2CC2)c2cc(N(CCN3CCCC3)S(=O)(=O)C(F)(F)F)c(F)cc2c1=O. The van der Waals surface area contributed by atoms with Gasteiger partial charge in [-0.1, -0.05) is 0 Å². The number of rotatable bonds is 7. The number of sulfonamides is 1. The van der Waals surface area contributed by atoms with E-state index >= 15 is 4.39 Å². The number of hydrogen-bond acceptors (Lipinski definition) is 5. The van der Waals surface area contributed by atoms with Crippen LogP contribution in [0.5, 0.6) is 0 Å². The number of fused-ring (bicyclic) bond motifs is 1. The molecule has 0 amide bonds. The lowest BCUT2D eigenvalue weighted by Crippen LogP contribution is -2.44. The highest BCUT2D eigenvalue weighted by Gasteiger charge is 2.51. The van der Waals surface area contributed by atoms with Gasteiger partial charge in [-0.2, -0.15) is 21.6 Å². The summed E-state index contributed by atoms with van der Waals surface area (Å²) < 4.78 is 81.5. The van der Waals surface area contributed by atoms with Crippen molar-refractivity contribution in [3.05, 3.63) is 39.9 Å². The molecule has 1 aromatic heterocycles. The first-order valence-electron chi connectivity index (χ1n) is 10.3. The monoisotopic (exact) mass is 491 g/mol. The maximum atomic E-state index is 15.1. The van der Waals surface area contributed by atoms with Crippen LogP contribution in [0.25, 0.3) is 10.9 Å². The van der Waals surface area contributed by atoms with Crippen LogP contribution in [0.15, 0.2) is 23.1 Å². The van der Waals surface area contributed by atoms with Crippen LogP contribution in [0.3, 0.4) is 0 Å². The fourth-order valence-corrected chi connectivity index (χ4v) is 5.06. The van der Waals surface area contributed by atoms with Crippen LogP contribution in [0.2, 0.25) is 0 Å². The van der Waals surface area contributed by atoms with Gasteiger partial charge < -0.3 is 14.6 Å². The molecule has 1 saturated heterocycles. The molecule has 1 saturated carbocycles. The van der Waals surface area contributed by atoms with E-state index in [1.165, 1.54) is 4.57 Å². The fraction of sp³-hybridized carbons (Fsp3) is 0.500. The van der Waals surface area contributed by atoms with Crippen molar-refractivity contribution >= 4 is 32.6 Å². The van der Waals surface area contributed by atoms with Crippen molar-refractivity contribution in [1.29, 1.82) is 0 Å². The zero-order valence-corrected chi connectivity index (χ0v) is 18.1. The Labute approximate surface area is 186 Å². The summed E-state index contributed by atoms with van der Waals surface area (Å²) >= 11 is 0. The predicted molar refractivity (Wildman–Crippen MR) is 111 cm³/mol. The van der Waals surface area contributed by atoms with Crippen molar-refractivity contribution in [1.82, 2.24) is 9.47 Å². The summed E-state index contributed by atoms with van der Waals surface area (Å²) in [6.07, 6.45) is 3.98. The summed E-state index contributed by atoms with van der Waals surface area (Å²) in [5.41, 5.74) is -8.12. The topological polar surface area (TPSA) is 99.9 Å². The van der Waals surface area contributed by atoms with Crippen LogP contribution in [0.1, 0.15) is 42.1 Å². The van der Waals surface area contributed by atoms with Crippen molar-refractivity contribution in [3.8, 4) is 0 Å². The van der Waals surface area contributed by atoms with Crippen molar-refractivity contribution in [2.45, 2.75) is 37.2 Å². The van der Waals surface area contributed by atoms with E-state index in [0.29, 0.717) is 32.0 Å². The van der Waals surface area contributed by atoms with Crippen molar-refractivity contribution < 1.29 is 35.9 Å². The third-order valence-corrected chi connectivity index (χ3v) is 7.49. The van der Waals surface area contributed by atoms with E-state index in [0.717, 1.165) is 25.1 Å². The number of pyridine rings is 1. The van der Waals surface area contributed by atoms with Crippen molar-refractivity contribution in [2.75, 3.05) is 30.5 Å². The lowest BCUT2D eigenvalue weighted by Gasteiger charge is -2.28. The number of anilines is 1. The maximum Gasteiger partial charge on any atom is 0.516 e. The van der Waals surface area contributed by atoms with Gasteiger partial charge in [0, 0.05) is 30.7 Å². The summed E-state index contributed by atoms with van der Waals surface area (Å²) in [5, 5.41) is 8.97. The fourth-order valence-electron chi connectivity index (χ4n) is 4.09. The smallest absolute Gasteiger partial charge is 0.477 e. The molecule has 2 aromatic rings. The van der Waals surface area contributed by atoms with Crippen LogP contribution in [-0.2, 0) is 10.0 Å². The van der Waals surface area contributed by atoms with E-state index in [-0.39, 0.29) is 27.8 Å². The van der Waals surface area contributed by atoms with Crippen LogP contribution < -0.4 is 9.73 Å². The Hall–Kier alpha value is -2.67. The van der Waals surface area contributed by atoms with E-state index in [2.05, 4.69) is 0 Å². The molecule has 2 aliphatic rings. The highest BCUT2D eigenvalue weighted by Crippen LogP contribution is 2.39. The molecule has 1 aliphatic heterocycles. The quantitative estimate of drug-likeness (QED) is 0.598. The highest BCUT2D eigenvalue weighted by molar-refractivity contribution is 7.93. The zero-order valence-electron chi connectivity index (χ0n) is 17.3. The van der Waals surface area contributed by atoms with Gasteiger partial charge in [-0.15, -0.1) is 0 Å². The third kappa shape index (κ3) is 4.31. The van der Waals surface area contributed by atoms with E-state index in [9.17, 15) is 36.3 Å². The Morgan fingerprint density at radius 3 is 2.36 bits per heavy atom. The number of hydrogen-bond donors (Lipinski definition) is 1. The van der Waals surface area contributed by atoms with Gasteiger partial charge in [0.1, 0.15) is 11.4 Å². The zero-order chi connectivity index (χ0) is 24.1. The average molecular weight is 491 g/mol. The van der Waals surface area contributed by atoms with Gasteiger partial charge >= 0.3 is 21.5 Å². The Bertz CT molecular complexity index is 1270. The van der Waals surface area contributed by atoms with Gasteiger partial charge in [-0.05, 0) is 50.9 Å². The molecule has 0 spiro atoms. The number of nitrogens with zero attached hydrogens (tertiary/aromatic N) is 3. The Balaban J connectivity index is 1.89. The Morgan fingerprint density at radius 1 is 1.18 bits per heavy atom. The number of carboxylic acid groups (broad SMARTS) is 1. The molecule has 4 rings (SSSR count). The van der Waals surface area contributed by atoms with E-state index in [1.54, 1.807) is 4.90 Å². The molecule has 1 aromatic carbocycles. The number of alkyl halides is 3. The first-order chi connectivity index (χ1) is 15.4. The summed E-state index contributed by atoms with van der Waals surface area (Å²) in [5.74, 6) is -2.88. The van der Waals surface area contributed by atoms with Crippen molar-refractivity contribution in [3.63, 3.8) is 0 Å². The lowest BCUT2D eigenvalue weighted by molar-refractivity contribution is -0.0438. The molecular formula is C20H21F4N3O5S. The normalized spacial score (nSPS) is 17.6. The Kier molecular flexibility index (Phi) is 5.89. The molecule has 0 bridgehead atoms. The van der Waals surface area contributed by atoms with Gasteiger partial charge in [0.05, 0.1) is 11.2 Å². The molecule has 0 unspecified atom stereocenters. The molecule has 2 heterocycles. The summed E-state index contributed by atoms with van der Waals surface area (Å²) in [6.45, 7) is 0.532. The van der Waals surface area contributed by atoms with Gasteiger partial charge in [0.25, 0.3) is 0 Å². The summed E-state index contributed by atoms with van der Waals surface area (Å²) in [4.78, 5) is 25.8. The minimum Gasteiger partial charge on any atom is -0.477 e. The highest BCUT2D eigenvalue weighted by atomic mass is 32.2. The number of aromatic carboxylic acids is 1. The number of benzene rings is 1. The van der Waals surface area contributed by atoms with Crippen molar-refractivity contribution in [2.24, 2.45) is 0 Å². The molecule has 13 heteroatoms. The second-order valence-electron chi connectivity index (χ2n) is 8.21. The average Bonchev–Trinajstić information content (AvgIpc) is 3.43. The molecule has 180 valence electrons. The van der Waals surface area contributed by atoms with Gasteiger partial charge in [0.15, 0.2) is 0 Å². The maximum absolute atomic E-state index is 15.1. The largest absolute Gasteiger partial charge is 0.516 e. The van der Waals surface area contributed by atoms with Crippen LogP contribution in [-0.4, -0.2) is 60.6 Å². The Morgan fingerprint density at radius 2 is 1.82 bits per heavy atom. The van der Waals surface area contributed by atoms with Crippen LogP contribution in [0.4, 0.5) is 23.2 Å². The number of carboxylic acids is 1. The second-order valence-corrected chi connectivity index (χ2v) is 10.1. The number of likely N-dealkylation sites (tertiary alicyclic amines) is 1.